The summed E-state index contributed by atoms with van der Waals surface area (Å²) in [5.41, 5.74) is 0. The second-order valence-electron chi connectivity index (χ2n) is 8.14. The summed E-state index contributed by atoms with van der Waals surface area (Å²) in [6, 6.07) is 0.444. The van der Waals surface area contributed by atoms with E-state index in [9.17, 15) is 9.59 Å². The Hall–Kier alpha value is -0.163. The zero-order chi connectivity index (χ0) is 20.1. The molecule has 0 atom stereocenters. The summed E-state index contributed by atoms with van der Waals surface area (Å²) >= 11 is 0. The molecule has 3 nitrogen and oxygen atoms in total. The van der Waals surface area contributed by atoms with Crippen molar-refractivity contribution in [3.63, 3.8) is 0 Å². The first-order valence-corrected chi connectivity index (χ1v) is 13.7. The van der Waals surface area contributed by atoms with Crippen molar-refractivity contribution in [1.29, 1.82) is 0 Å². The van der Waals surface area contributed by atoms with Crippen LogP contribution >= 0.6 is 0 Å². The van der Waals surface area contributed by atoms with Crippen molar-refractivity contribution < 1.29 is 14.0 Å². The highest BCUT2D eigenvalue weighted by atomic mass is 28.4. The van der Waals surface area contributed by atoms with Crippen LogP contribution < -0.4 is 0 Å². The van der Waals surface area contributed by atoms with Crippen LogP contribution in [-0.4, -0.2) is 25.5 Å². The molecule has 27 heavy (non-hydrogen) atoms. The van der Waals surface area contributed by atoms with Crippen LogP contribution in [0.4, 0.5) is 0 Å². The number of hydrogen-bond donors (Lipinski definition) is 2. The van der Waals surface area contributed by atoms with Crippen LogP contribution in [-0.2, 0) is 4.43 Å². The highest BCUT2D eigenvalue weighted by Gasteiger charge is 2.29. The van der Waals surface area contributed by atoms with Gasteiger partial charge in [0.15, 0.2) is 0 Å². The van der Waals surface area contributed by atoms with Crippen LogP contribution in [0.2, 0.25) is 6.04 Å². The molecule has 0 aromatic carbocycles. The van der Waals surface area contributed by atoms with Gasteiger partial charge in [-0.15, -0.1) is 6.58 Å². The van der Waals surface area contributed by atoms with Gasteiger partial charge in [-0.1, -0.05) is 109 Å². The molecule has 0 spiro atoms. The van der Waals surface area contributed by atoms with Gasteiger partial charge < -0.3 is 14.0 Å². The Morgan fingerprint density at radius 1 is 0.593 bits per heavy atom. The van der Waals surface area contributed by atoms with Gasteiger partial charge in [-0.2, -0.15) is 0 Å². The zero-order valence-electron chi connectivity index (χ0n) is 18.2. The van der Waals surface area contributed by atoms with Gasteiger partial charge in [0.1, 0.15) is 0 Å². The van der Waals surface area contributed by atoms with Crippen LogP contribution in [0.25, 0.3) is 0 Å². The minimum Gasteiger partial charge on any atom is -0.390 e. The zero-order valence-corrected chi connectivity index (χ0v) is 19.2. The van der Waals surface area contributed by atoms with Gasteiger partial charge in [0, 0.05) is 13.2 Å². The minimum absolute atomic E-state index is 0.444. The molecule has 0 aliphatic carbocycles. The average Bonchev–Trinajstić information content (AvgIpc) is 2.66. The van der Waals surface area contributed by atoms with E-state index in [1.54, 1.807) is 0 Å². The SMILES string of the molecule is C=CCCCCCCCCCCCCCCCCCCCC[Si](O)(O)OC. The minimum atomic E-state index is -3.29. The summed E-state index contributed by atoms with van der Waals surface area (Å²) < 4.78 is 4.73. The lowest BCUT2D eigenvalue weighted by Crippen LogP contribution is -2.37. The maximum absolute atomic E-state index is 9.44. The predicted octanol–water partition coefficient (Wildman–Crippen LogP) is 7.15. The van der Waals surface area contributed by atoms with E-state index in [1.807, 2.05) is 6.08 Å². The highest BCUT2D eigenvalue weighted by Crippen LogP contribution is 2.16. The first kappa shape index (κ1) is 26.8. The molecule has 2 N–H and O–H groups in total. The number of unbranched alkanes of at least 4 members (excludes halogenated alkanes) is 18. The lowest BCUT2D eigenvalue weighted by Gasteiger charge is -2.13. The van der Waals surface area contributed by atoms with Crippen LogP contribution in [0.3, 0.4) is 0 Å². The standard InChI is InChI=1S/C23H48O3Si/c1-3-4-5-6-7-8-9-10-11-12-13-14-15-16-17-18-19-20-21-22-23-27(24,25)26-2/h3,24-25H,1,4-23H2,2H3. The summed E-state index contributed by atoms with van der Waals surface area (Å²) in [5.74, 6) is 0. The molecule has 0 rings (SSSR count). The molecule has 0 fully saturated rings. The normalized spacial score (nSPS) is 11.8. The molecule has 0 aliphatic rings. The van der Waals surface area contributed by atoms with Crippen molar-refractivity contribution in [3.05, 3.63) is 12.7 Å². The Morgan fingerprint density at radius 3 is 1.19 bits per heavy atom. The Balaban J connectivity index is 3.06. The molecule has 0 unspecified atom stereocenters. The van der Waals surface area contributed by atoms with Gasteiger partial charge in [-0.05, 0) is 19.3 Å². The van der Waals surface area contributed by atoms with Crippen LogP contribution in [0.5, 0.6) is 0 Å². The molecular formula is C23H48O3Si. The summed E-state index contributed by atoms with van der Waals surface area (Å²) in [7, 11) is -1.90. The van der Waals surface area contributed by atoms with E-state index < -0.39 is 8.80 Å². The summed E-state index contributed by atoms with van der Waals surface area (Å²) in [4.78, 5) is 18.9. The van der Waals surface area contributed by atoms with Crippen molar-refractivity contribution in [2.75, 3.05) is 7.11 Å². The van der Waals surface area contributed by atoms with Gasteiger partial charge >= 0.3 is 8.80 Å². The third-order valence-corrected chi connectivity index (χ3v) is 7.15. The van der Waals surface area contributed by atoms with Crippen molar-refractivity contribution in [3.8, 4) is 0 Å². The monoisotopic (exact) mass is 400 g/mol. The van der Waals surface area contributed by atoms with Crippen molar-refractivity contribution >= 4 is 8.80 Å². The van der Waals surface area contributed by atoms with E-state index in [0.29, 0.717) is 6.04 Å². The molecule has 162 valence electrons. The first-order chi connectivity index (χ1) is 13.1. The Labute approximate surface area is 171 Å². The fourth-order valence-corrected chi connectivity index (χ4v) is 4.49. The Morgan fingerprint density at radius 2 is 0.889 bits per heavy atom. The lowest BCUT2D eigenvalue weighted by molar-refractivity contribution is 0.183. The number of allylic oxidation sites excluding steroid dienone is 1. The average molecular weight is 401 g/mol. The largest absolute Gasteiger partial charge is 0.495 e. The fraction of sp³-hybridized carbons (Fsp3) is 0.913. The summed E-state index contributed by atoms with van der Waals surface area (Å²) in [6.07, 6.45) is 27.3. The van der Waals surface area contributed by atoms with E-state index in [4.69, 9.17) is 4.43 Å². The summed E-state index contributed by atoms with van der Waals surface area (Å²) in [6.45, 7) is 3.77. The molecule has 0 radical (unpaired) electrons. The van der Waals surface area contributed by atoms with E-state index in [0.717, 1.165) is 12.8 Å². The molecule has 0 bridgehead atoms. The topological polar surface area (TPSA) is 49.7 Å². The molecule has 4 heteroatoms. The van der Waals surface area contributed by atoms with Crippen molar-refractivity contribution in [2.24, 2.45) is 0 Å². The number of hydrogen-bond acceptors (Lipinski definition) is 3. The van der Waals surface area contributed by atoms with Gasteiger partial charge in [-0.25, -0.2) is 0 Å². The van der Waals surface area contributed by atoms with Gasteiger partial charge in [0.25, 0.3) is 0 Å². The third-order valence-electron chi connectivity index (χ3n) is 5.49. The summed E-state index contributed by atoms with van der Waals surface area (Å²) in [5, 5.41) is 0. The first-order valence-electron chi connectivity index (χ1n) is 11.7. The molecule has 0 aromatic rings. The molecule has 0 saturated heterocycles. The van der Waals surface area contributed by atoms with Crippen LogP contribution in [0.15, 0.2) is 12.7 Å². The molecule has 0 amide bonds. The fourth-order valence-electron chi connectivity index (χ4n) is 3.57. The maximum Gasteiger partial charge on any atom is 0.495 e. The molecule has 0 saturated carbocycles. The third kappa shape index (κ3) is 22.0. The maximum atomic E-state index is 9.44. The highest BCUT2D eigenvalue weighted by molar-refractivity contribution is 6.57. The quantitative estimate of drug-likeness (QED) is 0.115. The van der Waals surface area contributed by atoms with E-state index in [1.165, 1.54) is 116 Å². The van der Waals surface area contributed by atoms with E-state index >= 15 is 0 Å². The van der Waals surface area contributed by atoms with E-state index in [-0.39, 0.29) is 0 Å². The Kier molecular flexibility index (Phi) is 20.4. The lowest BCUT2D eigenvalue weighted by atomic mass is 10.0. The number of rotatable bonds is 22. The predicted molar refractivity (Wildman–Crippen MR) is 120 cm³/mol. The van der Waals surface area contributed by atoms with Crippen molar-refractivity contribution in [2.45, 2.75) is 128 Å². The molecular weight excluding hydrogens is 352 g/mol. The van der Waals surface area contributed by atoms with Gasteiger partial charge in [-0.3, -0.25) is 0 Å². The van der Waals surface area contributed by atoms with Crippen LogP contribution in [0.1, 0.15) is 122 Å². The molecule has 0 aromatic heterocycles. The van der Waals surface area contributed by atoms with Gasteiger partial charge in [0.05, 0.1) is 0 Å². The Bertz CT molecular complexity index is 308. The van der Waals surface area contributed by atoms with Crippen LogP contribution in [0, 0.1) is 0 Å². The second kappa shape index (κ2) is 20.6. The molecule has 0 aliphatic heterocycles. The second-order valence-corrected chi connectivity index (χ2v) is 10.5. The molecule has 0 heterocycles. The van der Waals surface area contributed by atoms with E-state index in [2.05, 4.69) is 6.58 Å². The van der Waals surface area contributed by atoms with Crippen molar-refractivity contribution in [1.82, 2.24) is 0 Å². The van der Waals surface area contributed by atoms with Gasteiger partial charge in [0.2, 0.25) is 0 Å². The smallest absolute Gasteiger partial charge is 0.390 e.